The first-order valence-electron chi connectivity index (χ1n) is 8.05. The zero-order chi connectivity index (χ0) is 19.8. The van der Waals surface area contributed by atoms with Gasteiger partial charge in [-0.05, 0) is 43.2 Å². The van der Waals surface area contributed by atoms with Crippen LogP contribution < -0.4 is 10.2 Å². The number of benzene rings is 2. The number of nitro groups is 1. The molecule has 142 valence electrons. The molecule has 2 aromatic carbocycles. The van der Waals surface area contributed by atoms with Crippen LogP contribution in [0.2, 0.25) is 5.02 Å². The first-order chi connectivity index (χ1) is 12.9. The summed E-state index contributed by atoms with van der Waals surface area (Å²) in [6.07, 6.45) is 1.81. The summed E-state index contributed by atoms with van der Waals surface area (Å²) in [5.41, 5.74) is 3.16. The van der Waals surface area contributed by atoms with Crippen LogP contribution >= 0.6 is 11.6 Å². The quantitative estimate of drug-likeness (QED) is 0.309. The molecule has 2 N–H and O–H groups in total. The van der Waals surface area contributed by atoms with Gasteiger partial charge in [-0.2, -0.15) is 5.10 Å². The van der Waals surface area contributed by atoms with Crippen molar-refractivity contribution >= 4 is 29.4 Å². The van der Waals surface area contributed by atoms with E-state index in [4.69, 9.17) is 16.3 Å². The van der Waals surface area contributed by atoms with Crippen LogP contribution in [0.3, 0.4) is 0 Å². The molecule has 0 bridgehead atoms. The summed E-state index contributed by atoms with van der Waals surface area (Å²) >= 11 is 5.88. The van der Waals surface area contributed by atoms with Gasteiger partial charge in [0.15, 0.2) is 0 Å². The Balaban J connectivity index is 1.77. The SMILES string of the molecule is Cc1cc(Cl)ccc1OCCCC(=O)NN=Cc1cc([N+](=O)[O-])ccc1O. The number of aryl methyl sites for hydroxylation is 1. The number of halogens is 1. The van der Waals surface area contributed by atoms with Gasteiger partial charge in [0.1, 0.15) is 11.5 Å². The van der Waals surface area contributed by atoms with E-state index < -0.39 is 4.92 Å². The van der Waals surface area contributed by atoms with Gasteiger partial charge in [-0.15, -0.1) is 0 Å². The van der Waals surface area contributed by atoms with Gasteiger partial charge < -0.3 is 9.84 Å². The highest BCUT2D eigenvalue weighted by Crippen LogP contribution is 2.22. The van der Waals surface area contributed by atoms with Crippen LogP contribution in [0.1, 0.15) is 24.0 Å². The lowest BCUT2D eigenvalue weighted by molar-refractivity contribution is -0.384. The number of ether oxygens (including phenoxy) is 1. The molecule has 2 rings (SSSR count). The number of hydrogen-bond donors (Lipinski definition) is 2. The Kier molecular flexibility index (Phi) is 7.13. The highest BCUT2D eigenvalue weighted by molar-refractivity contribution is 6.30. The third kappa shape index (κ3) is 6.27. The molecule has 0 unspecified atom stereocenters. The summed E-state index contributed by atoms with van der Waals surface area (Å²) in [4.78, 5) is 21.9. The highest BCUT2D eigenvalue weighted by atomic mass is 35.5. The lowest BCUT2D eigenvalue weighted by atomic mass is 10.2. The fraction of sp³-hybridized carbons (Fsp3) is 0.222. The molecular weight excluding hydrogens is 374 g/mol. The molecule has 9 heteroatoms. The standard InChI is InChI=1S/C18H18ClN3O5/c1-12-9-14(19)4-7-17(12)27-8-2-3-18(24)21-20-11-13-10-15(22(25)26)5-6-16(13)23/h4-7,9-11,23H,2-3,8H2,1H3,(H,21,24). The van der Waals surface area contributed by atoms with Gasteiger partial charge in [-0.25, -0.2) is 5.43 Å². The van der Waals surface area contributed by atoms with E-state index in [2.05, 4.69) is 10.5 Å². The molecule has 0 radical (unpaired) electrons. The molecule has 0 heterocycles. The normalized spacial score (nSPS) is 10.7. The molecule has 2 aromatic rings. The predicted octanol–water partition coefficient (Wildman–Crippen LogP) is 3.57. The highest BCUT2D eigenvalue weighted by Gasteiger charge is 2.09. The van der Waals surface area contributed by atoms with E-state index in [9.17, 15) is 20.0 Å². The third-order valence-corrected chi connectivity index (χ3v) is 3.79. The Morgan fingerprint density at radius 1 is 1.37 bits per heavy atom. The number of nitrogens with zero attached hydrogens (tertiary/aromatic N) is 2. The summed E-state index contributed by atoms with van der Waals surface area (Å²) in [5.74, 6) is 0.192. The van der Waals surface area contributed by atoms with E-state index in [-0.39, 0.29) is 29.3 Å². The van der Waals surface area contributed by atoms with E-state index in [0.29, 0.717) is 23.8 Å². The molecule has 0 spiro atoms. The summed E-state index contributed by atoms with van der Waals surface area (Å²) in [6.45, 7) is 2.23. The van der Waals surface area contributed by atoms with E-state index in [1.165, 1.54) is 12.1 Å². The number of hydrazone groups is 1. The van der Waals surface area contributed by atoms with Crippen LogP contribution in [0, 0.1) is 17.0 Å². The zero-order valence-electron chi connectivity index (χ0n) is 14.5. The van der Waals surface area contributed by atoms with Crippen LogP contribution in [0.15, 0.2) is 41.5 Å². The van der Waals surface area contributed by atoms with E-state index in [1.807, 2.05) is 6.92 Å². The minimum atomic E-state index is -0.586. The van der Waals surface area contributed by atoms with Gasteiger partial charge in [-0.1, -0.05) is 11.6 Å². The monoisotopic (exact) mass is 391 g/mol. The van der Waals surface area contributed by atoms with Crippen LogP contribution in [-0.4, -0.2) is 28.8 Å². The number of carbonyl (C=O) groups excluding carboxylic acids is 1. The first-order valence-corrected chi connectivity index (χ1v) is 8.43. The van der Waals surface area contributed by atoms with Crippen molar-refractivity contribution in [2.24, 2.45) is 5.10 Å². The van der Waals surface area contributed by atoms with Crippen LogP contribution in [-0.2, 0) is 4.79 Å². The number of carbonyl (C=O) groups is 1. The maximum atomic E-state index is 11.7. The minimum absolute atomic E-state index is 0.131. The Bertz CT molecular complexity index is 870. The number of hydrogen-bond acceptors (Lipinski definition) is 6. The maximum absolute atomic E-state index is 11.7. The van der Waals surface area contributed by atoms with E-state index >= 15 is 0 Å². The van der Waals surface area contributed by atoms with Crippen molar-refractivity contribution in [3.05, 3.63) is 62.7 Å². The van der Waals surface area contributed by atoms with E-state index in [1.54, 1.807) is 18.2 Å². The third-order valence-electron chi connectivity index (χ3n) is 3.56. The molecule has 0 fully saturated rings. The largest absolute Gasteiger partial charge is 0.507 e. The lowest BCUT2D eigenvalue weighted by Crippen LogP contribution is -2.18. The smallest absolute Gasteiger partial charge is 0.270 e. The Hall–Kier alpha value is -3.13. The average molecular weight is 392 g/mol. The Morgan fingerprint density at radius 2 is 2.15 bits per heavy atom. The number of nitro benzene ring substituents is 1. The van der Waals surface area contributed by atoms with Gasteiger partial charge in [0.2, 0.25) is 5.91 Å². The molecule has 0 saturated heterocycles. The van der Waals surface area contributed by atoms with Crippen LogP contribution in [0.25, 0.3) is 0 Å². The van der Waals surface area contributed by atoms with Crippen molar-refractivity contribution in [2.75, 3.05) is 6.61 Å². The lowest BCUT2D eigenvalue weighted by Gasteiger charge is -2.08. The van der Waals surface area contributed by atoms with Crippen molar-refractivity contribution in [3.8, 4) is 11.5 Å². The molecule has 0 aliphatic carbocycles. The van der Waals surface area contributed by atoms with Gasteiger partial charge in [0.25, 0.3) is 5.69 Å². The number of aromatic hydroxyl groups is 1. The van der Waals surface area contributed by atoms with Crippen LogP contribution in [0.5, 0.6) is 11.5 Å². The zero-order valence-corrected chi connectivity index (χ0v) is 15.3. The maximum Gasteiger partial charge on any atom is 0.270 e. The number of nitrogens with one attached hydrogen (secondary N) is 1. The van der Waals surface area contributed by atoms with Crippen molar-refractivity contribution < 1.29 is 19.6 Å². The number of phenols is 1. The number of phenolic OH excluding ortho intramolecular Hbond substituents is 1. The second-order valence-corrected chi connectivity index (χ2v) is 6.09. The molecule has 8 nitrogen and oxygen atoms in total. The van der Waals surface area contributed by atoms with Crippen molar-refractivity contribution in [3.63, 3.8) is 0 Å². The molecule has 0 aliphatic rings. The minimum Gasteiger partial charge on any atom is -0.507 e. The summed E-state index contributed by atoms with van der Waals surface area (Å²) < 4.78 is 5.59. The van der Waals surface area contributed by atoms with Gasteiger partial charge >= 0.3 is 0 Å². The van der Waals surface area contributed by atoms with Gasteiger partial charge in [0.05, 0.1) is 17.7 Å². The predicted molar refractivity (Wildman–Crippen MR) is 101 cm³/mol. The van der Waals surface area contributed by atoms with Gasteiger partial charge in [-0.3, -0.25) is 14.9 Å². The second-order valence-electron chi connectivity index (χ2n) is 5.66. The van der Waals surface area contributed by atoms with Crippen LogP contribution in [0.4, 0.5) is 5.69 Å². The van der Waals surface area contributed by atoms with Gasteiger partial charge in [0, 0.05) is 29.1 Å². The first kappa shape index (κ1) is 20.2. The Morgan fingerprint density at radius 3 is 2.85 bits per heavy atom. The van der Waals surface area contributed by atoms with Crippen molar-refractivity contribution in [1.82, 2.24) is 5.43 Å². The summed E-state index contributed by atoms with van der Waals surface area (Å²) in [5, 5.41) is 24.7. The summed E-state index contributed by atoms with van der Waals surface area (Å²) in [7, 11) is 0. The summed E-state index contributed by atoms with van der Waals surface area (Å²) in [6, 6.07) is 8.82. The number of amides is 1. The van der Waals surface area contributed by atoms with Crippen molar-refractivity contribution in [2.45, 2.75) is 19.8 Å². The Labute approximate surface area is 160 Å². The molecule has 1 amide bonds. The topological polar surface area (TPSA) is 114 Å². The van der Waals surface area contributed by atoms with E-state index in [0.717, 1.165) is 17.8 Å². The molecule has 0 aliphatic heterocycles. The molecule has 0 saturated carbocycles. The fourth-order valence-corrected chi connectivity index (χ4v) is 2.40. The number of non-ortho nitro benzene ring substituents is 1. The molecule has 27 heavy (non-hydrogen) atoms. The molecule has 0 aromatic heterocycles. The second kappa shape index (κ2) is 9.54. The number of rotatable bonds is 8. The molecule has 0 atom stereocenters. The van der Waals surface area contributed by atoms with Crippen molar-refractivity contribution in [1.29, 1.82) is 0 Å². The molecular formula is C18H18ClN3O5. The average Bonchev–Trinajstić information content (AvgIpc) is 2.61. The fourth-order valence-electron chi connectivity index (χ4n) is 2.18.